The highest BCUT2D eigenvalue weighted by molar-refractivity contribution is 7.99. The smallest absolute Gasteiger partial charge is 0.153 e. The lowest BCUT2D eigenvalue weighted by atomic mass is 10.0. The maximum Gasteiger partial charge on any atom is 0.153 e. The third-order valence-corrected chi connectivity index (χ3v) is 4.80. The maximum absolute atomic E-state index is 9.12. The minimum atomic E-state index is -0.178. The molecule has 0 aliphatic heterocycles. The minimum absolute atomic E-state index is 0.178. The van der Waals surface area contributed by atoms with Gasteiger partial charge in [-0.2, -0.15) is 5.26 Å². The molecular formula is C15H13N5OS2. The lowest BCUT2D eigenvalue weighted by Gasteiger charge is -2.13. The van der Waals surface area contributed by atoms with Gasteiger partial charge in [0.15, 0.2) is 5.58 Å². The molecule has 3 aromatic rings. The number of anilines is 1. The topological polar surface area (TPSA) is 102 Å². The Morgan fingerprint density at radius 1 is 1.43 bits per heavy atom. The first-order chi connectivity index (χ1) is 11.0. The van der Waals surface area contributed by atoms with Crippen LogP contribution in [0.5, 0.6) is 0 Å². The van der Waals surface area contributed by atoms with Crippen LogP contribution in [-0.4, -0.2) is 21.2 Å². The Balaban J connectivity index is 2.08. The second-order valence-corrected chi connectivity index (χ2v) is 6.16. The van der Waals surface area contributed by atoms with Gasteiger partial charge in [0.25, 0.3) is 0 Å². The molecule has 1 atom stereocenters. The van der Waals surface area contributed by atoms with E-state index in [2.05, 4.69) is 33.6 Å². The third-order valence-electron chi connectivity index (χ3n) is 3.52. The first kappa shape index (κ1) is 15.6. The van der Waals surface area contributed by atoms with E-state index >= 15 is 0 Å². The number of aromatic nitrogens is 3. The SMILES string of the molecule is CSc1nc(C(C)c2cc3c(C#N)coc3cn2)nc(N)c1S. The molecule has 0 saturated carbocycles. The quantitative estimate of drug-likeness (QED) is 0.427. The van der Waals surface area contributed by atoms with Crippen LogP contribution in [0.25, 0.3) is 11.0 Å². The van der Waals surface area contributed by atoms with Crippen molar-refractivity contribution in [2.45, 2.75) is 22.8 Å². The van der Waals surface area contributed by atoms with Crippen molar-refractivity contribution in [1.29, 1.82) is 5.26 Å². The van der Waals surface area contributed by atoms with E-state index in [9.17, 15) is 0 Å². The number of hydrogen-bond donors (Lipinski definition) is 2. The molecule has 2 N–H and O–H groups in total. The molecule has 8 heteroatoms. The van der Waals surface area contributed by atoms with E-state index in [4.69, 9.17) is 15.4 Å². The Kier molecular flexibility index (Phi) is 4.15. The van der Waals surface area contributed by atoms with Gasteiger partial charge in [0, 0.05) is 5.39 Å². The normalized spacial score (nSPS) is 12.3. The number of thiol groups is 1. The highest BCUT2D eigenvalue weighted by Crippen LogP contribution is 2.30. The van der Waals surface area contributed by atoms with E-state index in [0.717, 1.165) is 16.1 Å². The highest BCUT2D eigenvalue weighted by atomic mass is 32.2. The van der Waals surface area contributed by atoms with Gasteiger partial charge in [0.2, 0.25) is 0 Å². The second-order valence-electron chi connectivity index (χ2n) is 4.91. The average molecular weight is 343 g/mol. The van der Waals surface area contributed by atoms with Crippen molar-refractivity contribution in [2.75, 3.05) is 12.0 Å². The summed E-state index contributed by atoms with van der Waals surface area (Å²) in [5.74, 6) is 0.734. The standard InChI is InChI=1S/C15H13N5OS2/c1-7(14-19-13(17)12(22)15(20-14)23-2)10-3-9-8(4-16)6-21-11(9)5-18-10/h3,5-7,22H,1-2H3,(H2,17,19,20). The van der Waals surface area contributed by atoms with Crippen LogP contribution in [0.1, 0.15) is 29.9 Å². The number of thioether (sulfide) groups is 1. The molecule has 0 spiro atoms. The average Bonchev–Trinajstić information content (AvgIpc) is 2.98. The van der Waals surface area contributed by atoms with Gasteiger partial charge >= 0.3 is 0 Å². The fraction of sp³-hybridized carbons (Fsp3) is 0.200. The van der Waals surface area contributed by atoms with Gasteiger partial charge in [0.05, 0.1) is 28.3 Å². The molecule has 0 saturated heterocycles. The van der Waals surface area contributed by atoms with Crippen molar-refractivity contribution in [1.82, 2.24) is 15.0 Å². The number of nitrogens with two attached hydrogens (primary N) is 1. The predicted molar refractivity (Wildman–Crippen MR) is 91.7 cm³/mol. The Morgan fingerprint density at radius 3 is 2.91 bits per heavy atom. The first-order valence-electron chi connectivity index (χ1n) is 6.72. The monoisotopic (exact) mass is 343 g/mol. The lowest BCUT2D eigenvalue weighted by Crippen LogP contribution is -2.08. The Bertz CT molecular complexity index is 931. The second kappa shape index (κ2) is 6.10. The summed E-state index contributed by atoms with van der Waals surface area (Å²) in [5, 5.41) is 10.6. The van der Waals surface area contributed by atoms with Crippen molar-refractivity contribution >= 4 is 41.2 Å². The molecule has 0 amide bonds. The summed E-state index contributed by atoms with van der Waals surface area (Å²) in [7, 11) is 0. The van der Waals surface area contributed by atoms with Gasteiger partial charge in [-0.05, 0) is 19.2 Å². The van der Waals surface area contributed by atoms with E-state index in [-0.39, 0.29) is 5.92 Å². The molecule has 3 rings (SSSR count). The molecule has 3 heterocycles. The summed E-state index contributed by atoms with van der Waals surface area (Å²) in [4.78, 5) is 13.8. The first-order valence-corrected chi connectivity index (χ1v) is 8.40. The van der Waals surface area contributed by atoms with E-state index in [0.29, 0.717) is 27.7 Å². The number of nitrogen functional groups attached to an aromatic ring is 1. The molecule has 3 aromatic heterocycles. The highest BCUT2D eigenvalue weighted by Gasteiger charge is 2.18. The molecule has 0 aliphatic carbocycles. The van der Waals surface area contributed by atoms with Gasteiger partial charge in [-0.25, -0.2) is 9.97 Å². The minimum Gasteiger partial charge on any atom is -0.461 e. The zero-order chi connectivity index (χ0) is 16.6. The number of rotatable bonds is 3. The Labute approximate surface area is 142 Å². The van der Waals surface area contributed by atoms with Crippen molar-refractivity contribution < 1.29 is 4.42 Å². The van der Waals surface area contributed by atoms with Crippen LogP contribution < -0.4 is 5.73 Å². The molecule has 0 bridgehead atoms. The lowest BCUT2D eigenvalue weighted by molar-refractivity contribution is 0.612. The molecule has 0 aliphatic rings. The van der Waals surface area contributed by atoms with Crippen LogP contribution in [0, 0.1) is 11.3 Å². The number of fused-ring (bicyclic) bond motifs is 1. The molecule has 1 unspecified atom stereocenters. The van der Waals surface area contributed by atoms with Crippen LogP contribution in [0.2, 0.25) is 0 Å². The van der Waals surface area contributed by atoms with Crippen LogP contribution >= 0.6 is 24.4 Å². The Hall–Kier alpha value is -2.24. The van der Waals surface area contributed by atoms with Crippen LogP contribution in [0.3, 0.4) is 0 Å². The predicted octanol–water partition coefficient (Wildman–Crippen LogP) is 3.23. The number of nitriles is 1. The summed E-state index contributed by atoms with van der Waals surface area (Å²) in [5.41, 5.74) is 7.71. The van der Waals surface area contributed by atoms with Gasteiger partial charge < -0.3 is 10.2 Å². The van der Waals surface area contributed by atoms with Gasteiger partial charge in [-0.3, -0.25) is 4.98 Å². The molecule has 0 aromatic carbocycles. The largest absolute Gasteiger partial charge is 0.461 e. The van der Waals surface area contributed by atoms with Crippen LogP contribution in [-0.2, 0) is 0 Å². The zero-order valence-corrected chi connectivity index (χ0v) is 14.2. The summed E-state index contributed by atoms with van der Waals surface area (Å²) in [6.07, 6.45) is 4.94. The summed E-state index contributed by atoms with van der Waals surface area (Å²) in [6, 6.07) is 3.93. The fourth-order valence-electron chi connectivity index (χ4n) is 2.21. The van der Waals surface area contributed by atoms with E-state index < -0.39 is 0 Å². The number of hydrogen-bond acceptors (Lipinski definition) is 8. The van der Waals surface area contributed by atoms with Crippen LogP contribution in [0.4, 0.5) is 5.82 Å². The molecule has 6 nitrogen and oxygen atoms in total. The van der Waals surface area contributed by atoms with E-state index in [1.807, 2.05) is 19.2 Å². The number of nitrogens with zero attached hydrogens (tertiary/aromatic N) is 4. The summed E-state index contributed by atoms with van der Waals surface area (Å²) < 4.78 is 5.30. The summed E-state index contributed by atoms with van der Waals surface area (Å²) in [6.45, 7) is 1.94. The number of pyridine rings is 1. The zero-order valence-electron chi connectivity index (χ0n) is 12.4. The third kappa shape index (κ3) is 2.73. The summed E-state index contributed by atoms with van der Waals surface area (Å²) >= 11 is 5.79. The van der Waals surface area contributed by atoms with Crippen LogP contribution in [0.15, 0.2) is 32.9 Å². The van der Waals surface area contributed by atoms with E-state index in [1.165, 1.54) is 18.0 Å². The van der Waals surface area contributed by atoms with Crippen molar-refractivity contribution in [2.24, 2.45) is 0 Å². The van der Waals surface area contributed by atoms with Crippen molar-refractivity contribution in [3.05, 3.63) is 35.6 Å². The van der Waals surface area contributed by atoms with Gasteiger partial charge in [-0.1, -0.05) is 0 Å². The molecule has 23 heavy (non-hydrogen) atoms. The molecule has 116 valence electrons. The van der Waals surface area contributed by atoms with E-state index in [1.54, 1.807) is 6.20 Å². The molecule has 0 fully saturated rings. The van der Waals surface area contributed by atoms with Crippen molar-refractivity contribution in [3.63, 3.8) is 0 Å². The molecular weight excluding hydrogens is 330 g/mol. The Morgan fingerprint density at radius 2 is 2.22 bits per heavy atom. The molecule has 0 radical (unpaired) electrons. The van der Waals surface area contributed by atoms with Crippen molar-refractivity contribution in [3.8, 4) is 6.07 Å². The maximum atomic E-state index is 9.12. The van der Waals surface area contributed by atoms with Gasteiger partial charge in [-0.15, -0.1) is 24.4 Å². The number of furan rings is 1. The fourth-order valence-corrected chi connectivity index (χ4v) is 3.07. The van der Waals surface area contributed by atoms with Gasteiger partial charge in [0.1, 0.15) is 29.0 Å².